The molecule has 29 heavy (non-hydrogen) atoms. The van der Waals surface area contributed by atoms with E-state index in [-0.39, 0.29) is 17.9 Å². The van der Waals surface area contributed by atoms with E-state index in [4.69, 9.17) is 0 Å². The highest BCUT2D eigenvalue weighted by molar-refractivity contribution is 7.88. The van der Waals surface area contributed by atoms with Gasteiger partial charge in [-0.05, 0) is 48.0 Å². The van der Waals surface area contributed by atoms with Crippen LogP contribution < -0.4 is 4.72 Å². The minimum atomic E-state index is -4.48. The molecule has 0 aliphatic carbocycles. The van der Waals surface area contributed by atoms with Crippen molar-refractivity contribution in [2.45, 2.75) is 18.5 Å². The zero-order valence-electron chi connectivity index (χ0n) is 14.8. The summed E-state index contributed by atoms with van der Waals surface area (Å²) in [5, 5.41) is 0. The van der Waals surface area contributed by atoms with Gasteiger partial charge in [0.15, 0.2) is 0 Å². The summed E-state index contributed by atoms with van der Waals surface area (Å²) in [7, 11) is -3.81. The second-order valence-corrected chi connectivity index (χ2v) is 7.98. The highest BCUT2D eigenvalue weighted by atomic mass is 32.2. The van der Waals surface area contributed by atoms with E-state index in [0.717, 1.165) is 24.3 Å². The summed E-state index contributed by atoms with van der Waals surface area (Å²) in [5.74, 6) is -0.861. The summed E-state index contributed by atoms with van der Waals surface area (Å²) in [6.07, 6.45) is -3.22. The Hall–Kier alpha value is -2.85. The van der Waals surface area contributed by atoms with Crippen LogP contribution in [-0.4, -0.2) is 18.4 Å². The first-order valence-corrected chi connectivity index (χ1v) is 9.98. The number of aromatic nitrogens is 2. The van der Waals surface area contributed by atoms with Gasteiger partial charge in [0.2, 0.25) is 10.0 Å². The fourth-order valence-corrected chi connectivity index (χ4v) is 3.62. The fraction of sp³-hybridized carbons (Fsp3) is 0.158. The molecular formula is C19H15F4N3O2S. The van der Waals surface area contributed by atoms with Crippen LogP contribution in [0.4, 0.5) is 17.6 Å². The first kappa shape index (κ1) is 20.9. The van der Waals surface area contributed by atoms with E-state index in [1.807, 2.05) is 0 Å². The highest BCUT2D eigenvalue weighted by Gasteiger charge is 2.30. The maximum absolute atomic E-state index is 13.0. The number of halogens is 4. The smallest absolute Gasteiger partial charge is 0.240 e. The van der Waals surface area contributed by atoms with Crippen molar-refractivity contribution in [2.75, 3.05) is 0 Å². The monoisotopic (exact) mass is 425 g/mol. The van der Waals surface area contributed by atoms with Gasteiger partial charge in [0.25, 0.3) is 0 Å². The van der Waals surface area contributed by atoms with Crippen molar-refractivity contribution >= 4 is 10.0 Å². The fourth-order valence-electron chi connectivity index (χ4n) is 2.52. The summed E-state index contributed by atoms with van der Waals surface area (Å²) < 4.78 is 77.6. The SMILES string of the molecule is O=S(=O)(Cc1ccc(C(F)(F)F)cc1)NCc1cc(-c2ccc(F)cc2)ncn1. The second kappa shape index (κ2) is 8.26. The normalized spacial score (nSPS) is 12.1. The van der Waals surface area contributed by atoms with E-state index >= 15 is 0 Å². The minimum Gasteiger partial charge on any atom is -0.240 e. The van der Waals surface area contributed by atoms with Crippen molar-refractivity contribution in [3.8, 4) is 11.3 Å². The van der Waals surface area contributed by atoms with Crippen molar-refractivity contribution in [1.29, 1.82) is 0 Å². The topological polar surface area (TPSA) is 72.0 Å². The zero-order valence-corrected chi connectivity index (χ0v) is 15.6. The van der Waals surface area contributed by atoms with Gasteiger partial charge in [-0.1, -0.05) is 12.1 Å². The Kier molecular flexibility index (Phi) is 5.94. The van der Waals surface area contributed by atoms with Gasteiger partial charge in [-0.25, -0.2) is 27.5 Å². The van der Waals surface area contributed by atoms with Crippen LogP contribution >= 0.6 is 0 Å². The Morgan fingerprint density at radius 1 is 0.931 bits per heavy atom. The van der Waals surface area contributed by atoms with Gasteiger partial charge in [-0.3, -0.25) is 0 Å². The van der Waals surface area contributed by atoms with Crippen LogP contribution in [0.5, 0.6) is 0 Å². The zero-order chi connectivity index (χ0) is 21.1. The standard InChI is InChI=1S/C19H15F4N3O2S/c20-16-7-3-14(4-8-16)18-9-17(24-12-25-18)10-26-29(27,28)11-13-1-5-15(6-2-13)19(21,22)23/h1-9,12,26H,10-11H2. The Labute approximate surface area is 164 Å². The summed E-state index contributed by atoms with van der Waals surface area (Å²) in [6, 6.07) is 11.1. The predicted molar refractivity (Wildman–Crippen MR) is 98.3 cm³/mol. The van der Waals surface area contributed by atoms with Crippen LogP contribution in [0.2, 0.25) is 0 Å². The number of nitrogens with zero attached hydrogens (tertiary/aromatic N) is 2. The summed E-state index contributed by atoms with van der Waals surface area (Å²) in [4.78, 5) is 8.07. The Morgan fingerprint density at radius 3 is 2.21 bits per heavy atom. The molecular weight excluding hydrogens is 410 g/mol. The average molecular weight is 425 g/mol. The van der Waals surface area contributed by atoms with Crippen LogP contribution in [0.1, 0.15) is 16.8 Å². The molecule has 10 heteroatoms. The summed E-state index contributed by atoms with van der Waals surface area (Å²) in [6.45, 7) is -0.125. The van der Waals surface area contributed by atoms with Gasteiger partial charge in [0.1, 0.15) is 12.1 Å². The van der Waals surface area contributed by atoms with E-state index in [0.29, 0.717) is 17.0 Å². The van der Waals surface area contributed by atoms with Crippen LogP contribution in [0.25, 0.3) is 11.3 Å². The van der Waals surface area contributed by atoms with Crippen molar-refractivity contribution in [1.82, 2.24) is 14.7 Å². The molecule has 2 aromatic carbocycles. The summed E-state index contributed by atoms with van der Waals surface area (Å²) in [5.41, 5.74) is 0.899. The van der Waals surface area contributed by atoms with Crippen LogP contribution in [0, 0.1) is 5.82 Å². The third kappa shape index (κ3) is 5.81. The molecule has 3 aromatic rings. The molecule has 1 N–H and O–H groups in total. The molecule has 0 radical (unpaired) electrons. The second-order valence-electron chi connectivity index (χ2n) is 6.18. The quantitative estimate of drug-likeness (QED) is 0.608. The van der Waals surface area contributed by atoms with Gasteiger partial charge in [0, 0.05) is 5.56 Å². The van der Waals surface area contributed by atoms with Gasteiger partial charge in [-0.2, -0.15) is 13.2 Å². The molecule has 0 saturated heterocycles. The largest absolute Gasteiger partial charge is 0.416 e. The molecule has 5 nitrogen and oxygen atoms in total. The lowest BCUT2D eigenvalue weighted by Crippen LogP contribution is -2.25. The predicted octanol–water partition coefficient (Wildman–Crippen LogP) is 3.92. The first-order chi connectivity index (χ1) is 13.6. The Morgan fingerprint density at radius 2 is 1.59 bits per heavy atom. The van der Waals surface area contributed by atoms with E-state index in [1.165, 1.54) is 30.6 Å². The Bertz CT molecular complexity index is 1080. The number of hydrogen-bond donors (Lipinski definition) is 1. The highest BCUT2D eigenvalue weighted by Crippen LogP contribution is 2.29. The Balaban J connectivity index is 1.66. The van der Waals surface area contributed by atoms with Crippen molar-refractivity contribution < 1.29 is 26.0 Å². The number of hydrogen-bond acceptors (Lipinski definition) is 4. The van der Waals surface area contributed by atoms with Crippen LogP contribution in [-0.2, 0) is 28.5 Å². The third-order valence-electron chi connectivity index (χ3n) is 3.97. The molecule has 0 atom stereocenters. The van der Waals surface area contributed by atoms with E-state index in [1.54, 1.807) is 6.07 Å². The maximum atomic E-state index is 13.0. The lowest BCUT2D eigenvalue weighted by atomic mass is 10.1. The van der Waals surface area contributed by atoms with Gasteiger partial charge >= 0.3 is 6.18 Å². The van der Waals surface area contributed by atoms with Crippen LogP contribution in [0.15, 0.2) is 60.9 Å². The molecule has 0 amide bonds. The number of rotatable bonds is 6. The lowest BCUT2D eigenvalue weighted by Gasteiger charge is -2.09. The first-order valence-electron chi connectivity index (χ1n) is 8.33. The molecule has 0 aliphatic heterocycles. The van der Waals surface area contributed by atoms with Crippen molar-refractivity contribution in [3.63, 3.8) is 0 Å². The van der Waals surface area contributed by atoms with Crippen LogP contribution in [0.3, 0.4) is 0 Å². The van der Waals surface area contributed by atoms with E-state index in [9.17, 15) is 26.0 Å². The molecule has 0 unspecified atom stereocenters. The van der Waals surface area contributed by atoms with E-state index < -0.39 is 27.5 Å². The third-order valence-corrected chi connectivity index (χ3v) is 5.27. The van der Waals surface area contributed by atoms with E-state index in [2.05, 4.69) is 14.7 Å². The average Bonchev–Trinajstić information content (AvgIpc) is 2.67. The molecule has 0 fully saturated rings. The molecule has 0 saturated carbocycles. The molecule has 1 heterocycles. The number of nitrogens with one attached hydrogen (secondary N) is 1. The molecule has 0 aliphatic rings. The molecule has 152 valence electrons. The maximum Gasteiger partial charge on any atom is 0.416 e. The number of alkyl halides is 3. The van der Waals surface area contributed by atoms with Crippen molar-refractivity contribution in [3.05, 3.63) is 83.6 Å². The van der Waals surface area contributed by atoms with Crippen molar-refractivity contribution in [2.24, 2.45) is 0 Å². The van der Waals surface area contributed by atoms with Gasteiger partial charge in [-0.15, -0.1) is 0 Å². The number of sulfonamides is 1. The van der Waals surface area contributed by atoms with Gasteiger partial charge in [0.05, 0.1) is 29.2 Å². The molecule has 0 bridgehead atoms. The lowest BCUT2D eigenvalue weighted by molar-refractivity contribution is -0.137. The summed E-state index contributed by atoms with van der Waals surface area (Å²) >= 11 is 0. The molecule has 1 aromatic heterocycles. The molecule has 0 spiro atoms. The number of benzene rings is 2. The minimum absolute atomic E-state index is 0.125. The van der Waals surface area contributed by atoms with Gasteiger partial charge < -0.3 is 0 Å². The molecule has 3 rings (SSSR count).